The van der Waals surface area contributed by atoms with Gasteiger partial charge in [0.2, 0.25) is 5.91 Å². The summed E-state index contributed by atoms with van der Waals surface area (Å²) >= 11 is 0.392. The number of hydrogen-bond donors (Lipinski definition) is 2. The molecule has 2 aromatic rings. The Kier molecular flexibility index (Phi) is 9.68. The predicted molar refractivity (Wildman–Crippen MR) is 118 cm³/mol. The summed E-state index contributed by atoms with van der Waals surface area (Å²) in [4.78, 5) is 36.2. The van der Waals surface area contributed by atoms with Gasteiger partial charge in [-0.2, -0.15) is 8.78 Å². The first kappa shape index (κ1) is 24.9. The molecule has 2 aromatic carbocycles. The normalized spacial score (nSPS) is 11.8. The predicted octanol–water partition coefficient (Wildman–Crippen LogP) is 3.71. The number of methoxy groups -OCH3 is 1. The second-order valence-electron chi connectivity index (χ2n) is 6.40. The van der Waals surface area contributed by atoms with Crippen molar-refractivity contribution in [3.05, 3.63) is 60.2 Å². The average Bonchev–Trinajstić information content (AvgIpc) is 2.77. The van der Waals surface area contributed by atoms with Crippen LogP contribution in [0.2, 0.25) is 0 Å². The van der Waals surface area contributed by atoms with Crippen LogP contribution in [0.5, 0.6) is 5.75 Å². The quantitative estimate of drug-likeness (QED) is 0.316. The van der Waals surface area contributed by atoms with Crippen molar-refractivity contribution in [3.63, 3.8) is 0 Å². The van der Waals surface area contributed by atoms with Crippen LogP contribution in [0.25, 0.3) is 6.08 Å². The maximum atomic E-state index is 12.3. The summed E-state index contributed by atoms with van der Waals surface area (Å²) in [5.74, 6) is -3.73. The second kappa shape index (κ2) is 12.5. The Balaban J connectivity index is 1.74. The van der Waals surface area contributed by atoms with E-state index in [0.717, 1.165) is 5.56 Å². The van der Waals surface area contributed by atoms with Crippen molar-refractivity contribution in [1.29, 1.82) is 0 Å². The van der Waals surface area contributed by atoms with E-state index in [1.165, 1.54) is 37.3 Å². The Labute approximate surface area is 188 Å². The van der Waals surface area contributed by atoms with Gasteiger partial charge >= 0.3 is 5.97 Å². The van der Waals surface area contributed by atoms with Gasteiger partial charge in [0.05, 0.1) is 7.11 Å². The minimum Gasteiger partial charge on any atom is -0.497 e. The van der Waals surface area contributed by atoms with Crippen LogP contribution in [-0.2, 0) is 19.1 Å². The van der Waals surface area contributed by atoms with Crippen LogP contribution < -0.4 is 15.4 Å². The van der Waals surface area contributed by atoms with Gasteiger partial charge in [0.25, 0.3) is 11.7 Å². The fourth-order valence-corrected chi connectivity index (χ4v) is 2.88. The minimum absolute atomic E-state index is 0.357. The third-order valence-corrected chi connectivity index (χ3v) is 4.69. The molecule has 0 aliphatic carbocycles. The lowest BCUT2D eigenvalue weighted by molar-refractivity contribution is -0.149. The highest BCUT2D eigenvalue weighted by Crippen LogP contribution is 2.26. The Bertz CT molecular complexity index is 950. The summed E-state index contributed by atoms with van der Waals surface area (Å²) in [6.07, 6.45) is 2.85. The summed E-state index contributed by atoms with van der Waals surface area (Å²) in [5, 5.41) is 4.93. The Morgan fingerprint density at radius 2 is 1.72 bits per heavy atom. The third kappa shape index (κ3) is 8.76. The Hall–Kier alpha value is -3.40. The summed E-state index contributed by atoms with van der Waals surface area (Å²) in [6.45, 7) is 0.868. The van der Waals surface area contributed by atoms with Crippen molar-refractivity contribution < 1.29 is 32.6 Å². The molecule has 2 amide bonds. The van der Waals surface area contributed by atoms with Crippen molar-refractivity contribution in [2.75, 3.05) is 19.0 Å². The van der Waals surface area contributed by atoms with Crippen LogP contribution in [0.1, 0.15) is 12.5 Å². The van der Waals surface area contributed by atoms with Crippen LogP contribution in [0, 0.1) is 0 Å². The lowest BCUT2D eigenvalue weighted by Gasteiger charge is -2.12. The number of benzene rings is 2. The first-order valence-corrected chi connectivity index (χ1v) is 10.3. The molecule has 2 rings (SSSR count). The number of ether oxygens (including phenoxy) is 2. The van der Waals surface area contributed by atoms with Gasteiger partial charge in [-0.15, -0.1) is 0 Å². The van der Waals surface area contributed by atoms with Crippen molar-refractivity contribution in [2.24, 2.45) is 0 Å². The molecular formula is C22H22F2N2O5S. The maximum Gasteiger partial charge on any atom is 0.328 e. The third-order valence-electron chi connectivity index (χ3n) is 3.96. The number of carbonyl (C=O) groups excluding carboxylic acids is 3. The van der Waals surface area contributed by atoms with E-state index >= 15 is 0 Å². The molecule has 0 fully saturated rings. The molecule has 0 spiro atoms. The van der Waals surface area contributed by atoms with E-state index in [-0.39, 0.29) is 0 Å². The number of amides is 2. The number of thioether (sulfide) groups is 1. The number of hydrogen-bond acceptors (Lipinski definition) is 6. The van der Waals surface area contributed by atoms with Crippen LogP contribution in [0.15, 0.2) is 59.5 Å². The molecule has 1 unspecified atom stereocenters. The molecule has 0 saturated heterocycles. The van der Waals surface area contributed by atoms with Crippen LogP contribution in [0.3, 0.4) is 0 Å². The van der Waals surface area contributed by atoms with Crippen LogP contribution in [-0.4, -0.2) is 43.3 Å². The van der Waals surface area contributed by atoms with Gasteiger partial charge in [-0.1, -0.05) is 23.9 Å². The number of nitrogens with one attached hydrogen (secondary N) is 2. The van der Waals surface area contributed by atoms with E-state index in [4.69, 9.17) is 9.47 Å². The van der Waals surface area contributed by atoms with Crippen LogP contribution in [0.4, 0.5) is 14.5 Å². The van der Waals surface area contributed by atoms with E-state index in [0.29, 0.717) is 28.1 Å². The fraction of sp³-hybridized carbons (Fsp3) is 0.227. The van der Waals surface area contributed by atoms with Gasteiger partial charge in [0.1, 0.15) is 11.8 Å². The van der Waals surface area contributed by atoms with Gasteiger partial charge in [-0.05, 0) is 55.0 Å². The van der Waals surface area contributed by atoms with E-state index in [2.05, 4.69) is 10.6 Å². The summed E-state index contributed by atoms with van der Waals surface area (Å²) < 4.78 is 34.6. The Morgan fingerprint density at radius 3 is 2.31 bits per heavy atom. The molecule has 0 aliphatic rings. The topological polar surface area (TPSA) is 93.7 Å². The van der Waals surface area contributed by atoms with Crippen molar-refractivity contribution in [3.8, 4) is 5.75 Å². The molecule has 1 atom stereocenters. The SMILES string of the molecule is COc1ccc(C=CC(=O)NC(C)C(=O)OCC(=O)Nc2ccc(SC(F)F)cc2)cc1. The molecule has 10 heteroatoms. The number of rotatable bonds is 10. The maximum absolute atomic E-state index is 12.3. The molecule has 0 aromatic heterocycles. The first-order valence-electron chi connectivity index (χ1n) is 9.41. The monoisotopic (exact) mass is 464 g/mol. The molecule has 0 bridgehead atoms. The van der Waals surface area contributed by atoms with E-state index in [1.807, 2.05) is 0 Å². The summed E-state index contributed by atoms with van der Waals surface area (Å²) in [6, 6.07) is 11.9. The highest BCUT2D eigenvalue weighted by atomic mass is 32.2. The van der Waals surface area contributed by atoms with Gasteiger partial charge in [-0.25, -0.2) is 4.79 Å². The first-order chi connectivity index (χ1) is 15.3. The number of carbonyl (C=O) groups is 3. The number of anilines is 1. The molecular weight excluding hydrogens is 442 g/mol. The lowest BCUT2D eigenvalue weighted by Crippen LogP contribution is -2.39. The number of halogens is 2. The molecule has 0 heterocycles. The standard InChI is InChI=1S/C22H22F2N2O5S/c1-14(25-19(27)12-5-15-3-8-17(30-2)9-4-15)21(29)31-13-20(28)26-16-6-10-18(11-7-16)32-22(23)24/h3-12,14,22H,13H2,1-2H3,(H,25,27)(H,26,28). The highest BCUT2D eigenvalue weighted by Gasteiger charge is 2.17. The van der Waals surface area contributed by atoms with Crippen molar-refractivity contribution in [2.45, 2.75) is 23.6 Å². The zero-order valence-electron chi connectivity index (χ0n) is 17.3. The zero-order chi connectivity index (χ0) is 23.5. The lowest BCUT2D eigenvalue weighted by atomic mass is 10.2. The molecule has 0 saturated carbocycles. The largest absolute Gasteiger partial charge is 0.497 e. The second-order valence-corrected chi connectivity index (χ2v) is 7.46. The molecule has 0 aliphatic heterocycles. The number of alkyl halides is 2. The van der Waals surface area contributed by atoms with E-state index < -0.39 is 36.2 Å². The Morgan fingerprint density at radius 1 is 1.06 bits per heavy atom. The van der Waals surface area contributed by atoms with Crippen molar-refractivity contribution >= 4 is 41.3 Å². The van der Waals surface area contributed by atoms with Gasteiger partial charge < -0.3 is 20.1 Å². The van der Waals surface area contributed by atoms with E-state index in [1.54, 1.807) is 37.5 Å². The average molecular weight is 464 g/mol. The van der Waals surface area contributed by atoms with E-state index in [9.17, 15) is 23.2 Å². The van der Waals surface area contributed by atoms with Gasteiger partial charge in [0.15, 0.2) is 6.61 Å². The van der Waals surface area contributed by atoms with Gasteiger partial charge in [0, 0.05) is 16.7 Å². The zero-order valence-corrected chi connectivity index (χ0v) is 18.2. The van der Waals surface area contributed by atoms with Gasteiger partial charge in [-0.3, -0.25) is 9.59 Å². The fourth-order valence-electron chi connectivity index (χ4n) is 2.39. The van der Waals surface area contributed by atoms with Crippen molar-refractivity contribution in [1.82, 2.24) is 5.32 Å². The molecule has 170 valence electrons. The number of esters is 1. The minimum atomic E-state index is -2.53. The molecule has 32 heavy (non-hydrogen) atoms. The molecule has 0 radical (unpaired) electrons. The highest BCUT2D eigenvalue weighted by molar-refractivity contribution is 7.99. The molecule has 7 nitrogen and oxygen atoms in total. The smallest absolute Gasteiger partial charge is 0.328 e. The summed E-state index contributed by atoms with van der Waals surface area (Å²) in [7, 11) is 1.55. The summed E-state index contributed by atoms with van der Waals surface area (Å²) in [5.41, 5.74) is 1.14. The molecule has 2 N–H and O–H groups in total. The van der Waals surface area contributed by atoms with Crippen LogP contribution >= 0.6 is 11.8 Å².